The van der Waals surface area contributed by atoms with Crippen LogP contribution in [-0.2, 0) is 6.42 Å². The minimum atomic E-state index is 0.347. The Hall–Kier alpha value is -1.18. The molecule has 2 heteroatoms. The van der Waals surface area contributed by atoms with E-state index in [9.17, 15) is 0 Å². The number of methoxy groups -OCH3 is 1. The van der Waals surface area contributed by atoms with Gasteiger partial charge in [0.25, 0.3) is 0 Å². The first-order valence-electron chi connectivity index (χ1n) is 7.16. The van der Waals surface area contributed by atoms with Crippen molar-refractivity contribution in [2.24, 2.45) is 5.92 Å². The first-order valence-corrected chi connectivity index (χ1v) is 7.16. The van der Waals surface area contributed by atoms with Crippen LogP contribution >= 0.6 is 0 Å². The first kappa shape index (κ1) is 11.9. The van der Waals surface area contributed by atoms with E-state index in [1.165, 1.54) is 30.4 Å². The Bertz CT molecular complexity index is 453. The van der Waals surface area contributed by atoms with E-state index < -0.39 is 0 Å². The summed E-state index contributed by atoms with van der Waals surface area (Å²) < 4.78 is 11.7. The average molecular weight is 246 g/mol. The van der Waals surface area contributed by atoms with Gasteiger partial charge in [-0.1, -0.05) is 26.3 Å². The smallest absolute Gasteiger partial charge is 0.165 e. The number of aryl methyl sites for hydroxylation is 1. The molecule has 1 aromatic rings. The van der Waals surface area contributed by atoms with Gasteiger partial charge in [0.1, 0.15) is 6.10 Å². The predicted molar refractivity (Wildman–Crippen MR) is 72.5 cm³/mol. The highest BCUT2D eigenvalue weighted by Crippen LogP contribution is 2.53. The van der Waals surface area contributed by atoms with Crippen molar-refractivity contribution >= 4 is 0 Å². The zero-order valence-corrected chi connectivity index (χ0v) is 11.5. The Morgan fingerprint density at radius 2 is 2.11 bits per heavy atom. The number of hydrogen-bond donors (Lipinski definition) is 0. The van der Waals surface area contributed by atoms with Crippen LogP contribution in [0.4, 0.5) is 0 Å². The number of hydrogen-bond acceptors (Lipinski definition) is 2. The van der Waals surface area contributed by atoms with Crippen molar-refractivity contribution in [1.82, 2.24) is 0 Å². The van der Waals surface area contributed by atoms with E-state index in [2.05, 4.69) is 26.0 Å². The summed E-state index contributed by atoms with van der Waals surface area (Å²) in [7, 11) is 1.73. The summed E-state index contributed by atoms with van der Waals surface area (Å²) >= 11 is 0. The van der Waals surface area contributed by atoms with Crippen molar-refractivity contribution in [2.75, 3.05) is 7.11 Å². The summed E-state index contributed by atoms with van der Waals surface area (Å²) in [5, 5.41) is 0. The van der Waals surface area contributed by atoms with E-state index in [4.69, 9.17) is 9.47 Å². The van der Waals surface area contributed by atoms with E-state index in [1.54, 1.807) is 7.11 Å². The fraction of sp³-hybridized carbons (Fsp3) is 0.625. The first-order chi connectivity index (χ1) is 8.80. The molecule has 0 fully saturated rings. The zero-order valence-electron chi connectivity index (χ0n) is 11.5. The topological polar surface area (TPSA) is 18.5 Å². The highest BCUT2D eigenvalue weighted by atomic mass is 16.5. The quantitative estimate of drug-likeness (QED) is 0.804. The van der Waals surface area contributed by atoms with Crippen LogP contribution in [0.1, 0.15) is 50.2 Å². The van der Waals surface area contributed by atoms with E-state index in [0.29, 0.717) is 12.0 Å². The molecule has 1 aromatic carbocycles. The molecule has 3 atom stereocenters. The maximum atomic E-state index is 6.21. The monoisotopic (exact) mass is 246 g/mol. The summed E-state index contributed by atoms with van der Waals surface area (Å²) in [6.45, 7) is 4.53. The van der Waals surface area contributed by atoms with Crippen LogP contribution in [0.3, 0.4) is 0 Å². The minimum absolute atomic E-state index is 0.347. The van der Waals surface area contributed by atoms with Crippen molar-refractivity contribution in [1.29, 1.82) is 0 Å². The van der Waals surface area contributed by atoms with Crippen molar-refractivity contribution in [2.45, 2.75) is 51.6 Å². The molecule has 0 saturated carbocycles. The highest BCUT2D eigenvalue weighted by Gasteiger charge is 2.43. The Labute approximate surface area is 109 Å². The van der Waals surface area contributed by atoms with Crippen LogP contribution in [-0.4, -0.2) is 13.2 Å². The fourth-order valence-corrected chi connectivity index (χ4v) is 3.75. The number of rotatable bonds is 3. The lowest BCUT2D eigenvalue weighted by Gasteiger charge is -2.31. The third kappa shape index (κ3) is 1.54. The van der Waals surface area contributed by atoms with Gasteiger partial charge in [0, 0.05) is 11.5 Å². The van der Waals surface area contributed by atoms with Gasteiger partial charge in [-0.15, -0.1) is 0 Å². The third-order valence-electron chi connectivity index (χ3n) is 4.69. The lowest BCUT2D eigenvalue weighted by Crippen LogP contribution is -2.27. The van der Waals surface area contributed by atoms with Gasteiger partial charge in [-0.2, -0.15) is 0 Å². The second kappa shape index (κ2) is 4.49. The molecule has 0 amide bonds. The van der Waals surface area contributed by atoms with Crippen LogP contribution in [0.5, 0.6) is 11.5 Å². The second-order valence-corrected chi connectivity index (χ2v) is 5.47. The van der Waals surface area contributed by atoms with E-state index in [1.807, 2.05) is 0 Å². The molecule has 3 rings (SSSR count). The van der Waals surface area contributed by atoms with Gasteiger partial charge in [0.15, 0.2) is 11.5 Å². The summed E-state index contributed by atoms with van der Waals surface area (Å²) in [5.41, 5.74) is 2.94. The van der Waals surface area contributed by atoms with Gasteiger partial charge >= 0.3 is 0 Å². The van der Waals surface area contributed by atoms with Gasteiger partial charge in [-0.05, 0) is 36.8 Å². The van der Waals surface area contributed by atoms with Crippen molar-refractivity contribution in [3.8, 4) is 11.5 Å². The Morgan fingerprint density at radius 1 is 1.28 bits per heavy atom. The molecular formula is C16H22O2. The molecule has 1 aliphatic carbocycles. The van der Waals surface area contributed by atoms with Crippen molar-refractivity contribution in [3.05, 3.63) is 23.3 Å². The SMILES string of the molecule is CCC1CCc2ccc(OC)c3c2C1C(CC)O3. The van der Waals surface area contributed by atoms with Crippen LogP contribution in [0, 0.1) is 5.92 Å². The van der Waals surface area contributed by atoms with Gasteiger partial charge < -0.3 is 9.47 Å². The molecule has 1 aliphatic heterocycles. The van der Waals surface area contributed by atoms with E-state index in [0.717, 1.165) is 23.8 Å². The van der Waals surface area contributed by atoms with Crippen LogP contribution < -0.4 is 9.47 Å². The van der Waals surface area contributed by atoms with E-state index in [-0.39, 0.29) is 0 Å². The number of ether oxygens (including phenoxy) is 2. The Balaban J connectivity index is 2.12. The normalized spacial score (nSPS) is 28.7. The molecule has 18 heavy (non-hydrogen) atoms. The highest BCUT2D eigenvalue weighted by molar-refractivity contribution is 5.56. The summed E-state index contributed by atoms with van der Waals surface area (Å²) in [6, 6.07) is 4.30. The van der Waals surface area contributed by atoms with Crippen molar-refractivity contribution < 1.29 is 9.47 Å². The molecule has 0 N–H and O–H groups in total. The van der Waals surface area contributed by atoms with Gasteiger partial charge in [0.2, 0.25) is 0 Å². The summed E-state index contributed by atoms with van der Waals surface area (Å²) in [6.07, 6.45) is 5.18. The molecule has 2 nitrogen and oxygen atoms in total. The Kier molecular flexibility index (Phi) is 2.96. The zero-order chi connectivity index (χ0) is 12.7. The predicted octanol–water partition coefficient (Wildman–Crippen LogP) is 3.92. The second-order valence-electron chi connectivity index (χ2n) is 5.47. The maximum Gasteiger partial charge on any atom is 0.165 e. The average Bonchev–Trinajstić information content (AvgIpc) is 2.81. The lowest BCUT2D eigenvalue weighted by atomic mass is 9.72. The van der Waals surface area contributed by atoms with Crippen LogP contribution in [0.15, 0.2) is 12.1 Å². The molecule has 0 spiro atoms. The molecule has 0 aromatic heterocycles. The molecule has 0 saturated heterocycles. The largest absolute Gasteiger partial charge is 0.493 e. The molecule has 1 heterocycles. The molecular weight excluding hydrogens is 224 g/mol. The third-order valence-corrected chi connectivity index (χ3v) is 4.69. The lowest BCUT2D eigenvalue weighted by molar-refractivity contribution is 0.159. The molecule has 0 radical (unpaired) electrons. The van der Waals surface area contributed by atoms with Gasteiger partial charge in [0.05, 0.1) is 7.11 Å². The van der Waals surface area contributed by atoms with Crippen molar-refractivity contribution in [3.63, 3.8) is 0 Å². The van der Waals surface area contributed by atoms with Crippen LogP contribution in [0.2, 0.25) is 0 Å². The summed E-state index contributed by atoms with van der Waals surface area (Å²) in [5.74, 6) is 3.31. The van der Waals surface area contributed by atoms with E-state index >= 15 is 0 Å². The Morgan fingerprint density at radius 3 is 2.78 bits per heavy atom. The molecule has 98 valence electrons. The molecule has 3 unspecified atom stereocenters. The molecule has 2 aliphatic rings. The van der Waals surface area contributed by atoms with Gasteiger partial charge in [-0.25, -0.2) is 0 Å². The summed E-state index contributed by atoms with van der Waals surface area (Å²) in [4.78, 5) is 0. The maximum absolute atomic E-state index is 6.21. The molecule has 0 bridgehead atoms. The van der Waals surface area contributed by atoms with Gasteiger partial charge in [-0.3, -0.25) is 0 Å². The fourth-order valence-electron chi connectivity index (χ4n) is 3.75. The number of benzene rings is 1. The standard InChI is InChI=1S/C16H22O2/c1-4-10-6-7-11-8-9-13(17-3)16-15(11)14(10)12(5-2)18-16/h8-10,12,14H,4-7H2,1-3H3. The minimum Gasteiger partial charge on any atom is -0.493 e. The van der Waals surface area contributed by atoms with Crippen LogP contribution in [0.25, 0.3) is 0 Å².